The zero-order valence-electron chi connectivity index (χ0n) is 13.4. The van der Waals surface area contributed by atoms with Crippen LogP contribution in [0.1, 0.15) is 55.4 Å². The predicted octanol–water partition coefficient (Wildman–Crippen LogP) is 1.95. The second-order valence-electron chi connectivity index (χ2n) is 6.55. The van der Waals surface area contributed by atoms with Gasteiger partial charge in [-0.1, -0.05) is 19.3 Å². The van der Waals surface area contributed by atoms with E-state index in [0.717, 1.165) is 50.9 Å². The molecule has 0 unspecified atom stereocenters. The van der Waals surface area contributed by atoms with E-state index in [-0.39, 0.29) is 17.9 Å². The summed E-state index contributed by atoms with van der Waals surface area (Å²) in [5.74, 6) is 0.818. The smallest absolute Gasteiger partial charge is 0.272 e. The van der Waals surface area contributed by atoms with Crippen molar-refractivity contribution in [2.75, 3.05) is 18.0 Å². The molecule has 0 aromatic carbocycles. The van der Waals surface area contributed by atoms with Crippen molar-refractivity contribution in [2.45, 2.75) is 51.0 Å². The average molecular weight is 316 g/mol. The van der Waals surface area contributed by atoms with Gasteiger partial charge < -0.3 is 15.0 Å². The van der Waals surface area contributed by atoms with Crippen molar-refractivity contribution in [3.8, 4) is 0 Å². The van der Waals surface area contributed by atoms with Gasteiger partial charge in [0.15, 0.2) is 11.5 Å². The largest absolute Gasteiger partial charge is 0.355 e. The fourth-order valence-corrected chi connectivity index (χ4v) is 3.39. The number of anilines is 1. The van der Waals surface area contributed by atoms with Crippen molar-refractivity contribution in [1.29, 1.82) is 0 Å². The molecule has 2 heterocycles. The highest BCUT2D eigenvalue weighted by Crippen LogP contribution is 2.20. The Morgan fingerprint density at radius 1 is 1.09 bits per heavy atom. The molecule has 2 aliphatic rings. The monoisotopic (exact) mass is 316 g/mol. The maximum Gasteiger partial charge on any atom is 0.272 e. The van der Waals surface area contributed by atoms with Crippen LogP contribution in [0.25, 0.3) is 0 Å². The molecule has 0 bridgehead atoms. The van der Waals surface area contributed by atoms with Gasteiger partial charge in [-0.05, 0) is 37.8 Å². The Morgan fingerprint density at radius 2 is 1.83 bits per heavy atom. The van der Waals surface area contributed by atoms with Crippen LogP contribution in [0.3, 0.4) is 0 Å². The first-order valence-electron chi connectivity index (χ1n) is 8.61. The van der Waals surface area contributed by atoms with E-state index in [1.165, 1.54) is 19.3 Å². The third kappa shape index (κ3) is 4.06. The maximum atomic E-state index is 12.2. The molecular formula is C17H24N4O2. The second-order valence-corrected chi connectivity index (χ2v) is 6.55. The minimum atomic E-state index is -0.129. The van der Waals surface area contributed by atoms with Crippen LogP contribution in [0.2, 0.25) is 0 Å². The number of nitrogens with zero attached hydrogens (tertiary/aromatic N) is 3. The maximum absolute atomic E-state index is 12.2. The van der Waals surface area contributed by atoms with E-state index < -0.39 is 0 Å². The number of nitrogens with one attached hydrogen (secondary N) is 1. The average Bonchev–Trinajstić information content (AvgIpc) is 2.63. The molecular weight excluding hydrogens is 292 g/mol. The van der Waals surface area contributed by atoms with Gasteiger partial charge in [-0.25, -0.2) is 0 Å². The molecule has 0 radical (unpaired) electrons. The number of amides is 1. The first-order chi connectivity index (χ1) is 11.3. The first-order valence-corrected chi connectivity index (χ1v) is 8.61. The summed E-state index contributed by atoms with van der Waals surface area (Å²) in [4.78, 5) is 25.1. The molecule has 1 aromatic rings. The van der Waals surface area contributed by atoms with Gasteiger partial charge in [0.1, 0.15) is 6.29 Å². The zero-order valence-corrected chi connectivity index (χ0v) is 13.4. The molecule has 1 aromatic heterocycles. The second kappa shape index (κ2) is 7.53. The SMILES string of the molecule is O=CC1CCN(c2ccc(C(=O)NC3CCCCC3)nn2)CC1. The third-order valence-electron chi connectivity index (χ3n) is 4.88. The van der Waals surface area contributed by atoms with Crippen LogP contribution in [0.15, 0.2) is 12.1 Å². The van der Waals surface area contributed by atoms with Gasteiger partial charge in [-0.15, -0.1) is 10.2 Å². The minimum absolute atomic E-state index is 0.129. The minimum Gasteiger partial charge on any atom is -0.355 e. The molecule has 1 N–H and O–H groups in total. The standard InChI is InChI=1S/C17H24N4O2/c22-12-13-8-10-21(11-9-13)16-7-6-15(19-20-16)17(23)18-14-4-2-1-3-5-14/h6-7,12-14H,1-5,8-11H2,(H,18,23). The molecule has 2 fully saturated rings. The van der Waals surface area contributed by atoms with E-state index in [1.54, 1.807) is 6.07 Å². The summed E-state index contributed by atoms with van der Waals surface area (Å²) >= 11 is 0. The predicted molar refractivity (Wildman–Crippen MR) is 87.4 cm³/mol. The summed E-state index contributed by atoms with van der Waals surface area (Å²) in [6.07, 6.45) is 8.51. The molecule has 124 valence electrons. The highest BCUT2D eigenvalue weighted by molar-refractivity contribution is 5.92. The van der Waals surface area contributed by atoms with Gasteiger partial charge in [0.2, 0.25) is 0 Å². The summed E-state index contributed by atoms with van der Waals surface area (Å²) in [5, 5.41) is 11.3. The van der Waals surface area contributed by atoms with Crippen molar-refractivity contribution < 1.29 is 9.59 Å². The van der Waals surface area contributed by atoms with Crippen molar-refractivity contribution in [3.05, 3.63) is 17.8 Å². The van der Waals surface area contributed by atoms with Gasteiger partial charge in [0.25, 0.3) is 5.91 Å². The molecule has 1 amide bonds. The normalized spacial score (nSPS) is 20.3. The molecule has 1 aliphatic heterocycles. The molecule has 23 heavy (non-hydrogen) atoms. The fraction of sp³-hybridized carbons (Fsp3) is 0.647. The van der Waals surface area contributed by atoms with Gasteiger partial charge in [0.05, 0.1) is 0 Å². The first kappa shape index (κ1) is 15.9. The van der Waals surface area contributed by atoms with E-state index in [9.17, 15) is 9.59 Å². The van der Waals surface area contributed by atoms with Crippen LogP contribution in [0.5, 0.6) is 0 Å². The Hall–Kier alpha value is -1.98. The lowest BCUT2D eigenvalue weighted by molar-refractivity contribution is -0.111. The lowest BCUT2D eigenvalue weighted by Gasteiger charge is -2.30. The van der Waals surface area contributed by atoms with Crippen LogP contribution in [0, 0.1) is 5.92 Å². The number of piperidine rings is 1. The van der Waals surface area contributed by atoms with Crippen molar-refractivity contribution in [1.82, 2.24) is 15.5 Å². The van der Waals surface area contributed by atoms with Crippen LogP contribution in [-0.4, -0.2) is 41.5 Å². The number of aldehydes is 1. The summed E-state index contributed by atoms with van der Waals surface area (Å²) in [5.41, 5.74) is 0.377. The van der Waals surface area contributed by atoms with Crippen LogP contribution in [-0.2, 0) is 4.79 Å². The number of carbonyl (C=O) groups is 2. The van der Waals surface area contributed by atoms with E-state index in [1.807, 2.05) is 6.07 Å². The molecule has 1 saturated heterocycles. The summed E-state index contributed by atoms with van der Waals surface area (Å²) < 4.78 is 0. The van der Waals surface area contributed by atoms with Crippen molar-refractivity contribution in [2.24, 2.45) is 5.92 Å². The Labute approximate surface area is 136 Å². The number of carbonyl (C=O) groups excluding carboxylic acids is 2. The van der Waals surface area contributed by atoms with Gasteiger partial charge in [-0.3, -0.25) is 4.79 Å². The summed E-state index contributed by atoms with van der Waals surface area (Å²) in [6.45, 7) is 1.62. The Bertz CT molecular complexity index is 532. The molecule has 1 saturated carbocycles. The summed E-state index contributed by atoms with van der Waals surface area (Å²) in [7, 11) is 0. The Kier molecular flexibility index (Phi) is 5.20. The lowest BCUT2D eigenvalue weighted by atomic mass is 9.95. The van der Waals surface area contributed by atoms with Crippen LogP contribution in [0.4, 0.5) is 5.82 Å². The highest BCUT2D eigenvalue weighted by atomic mass is 16.2. The third-order valence-corrected chi connectivity index (χ3v) is 4.88. The van der Waals surface area contributed by atoms with Crippen molar-refractivity contribution >= 4 is 18.0 Å². The molecule has 3 rings (SSSR count). The number of hydrogen-bond donors (Lipinski definition) is 1. The van der Waals surface area contributed by atoms with E-state index in [0.29, 0.717) is 5.69 Å². The molecule has 6 nitrogen and oxygen atoms in total. The van der Waals surface area contributed by atoms with Crippen molar-refractivity contribution in [3.63, 3.8) is 0 Å². The number of hydrogen-bond acceptors (Lipinski definition) is 5. The molecule has 0 spiro atoms. The van der Waals surface area contributed by atoms with Crippen LogP contribution >= 0.6 is 0 Å². The van der Waals surface area contributed by atoms with Gasteiger partial charge in [0, 0.05) is 25.0 Å². The summed E-state index contributed by atoms with van der Waals surface area (Å²) in [6, 6.07) is 3.87. The fourth-order valence-electron chi connectivity index (χ4n) is 3.39. The highest BCUT2D eigenvalue weighted by Gasteiger charge is 2.21. The quantitative estimate of drug-likeness (QED) is 0.859. The van der Waals surface area contributed by atoms with Gasteiger partial charge in [-0.2, -0.15) is 0 Å². The molecule has 0 atom stereocenters. The Morgan fingerprint density at radius 3 is 2.43 bits per heavy atom. The van der Waals surface area contributed by atoms with E-state index >= 15 is 0 Å². The van der Waals surface area contributed by atoms with Gasteiger partial charge >= 0.3 is 0 Å². The molecule has 1 aliphatic carbocycles. The van der Waals surface area contributed by atoms with Crippen LogP contribution < -0.4 is 10.2 Å². The topological polar surface area (TPSA) is 75.2 Å². The number of rotatable bonds is 4. The molecule has 6 heteroatoms. The zero-order chi connectivity index (χ0) is 16.1. The Balaban J connectivity index is 1.56. The number of aromatic nitrogens is 2. The lowest BCUT2D eigenvalue weighted by Crippen LogP contribution is -2.37. The van der Waals surface area contributed by atoms with E-state index in [2.05, 4.69) is 20.4 Å². The van der Waals surface area contributed by atoms with E-state index in [4.69, 9.17) is 0 Å².